The van der Waals surface area contributed by atoms with Crippen LogP contribution >= 0.6 is 0 Å². The highest BCUT2D eigenvalue weighted by Crippen LogP contribution is 2.39. The zero-order valence-electron chi connectivity index (χ0n) is 15.5. The quantitative estimate of drug-likeness (QED) is 0.598. The van der Waals surface area contributed by atoms with E-state index in [4.69, 9.17) is 4.43 Å². The average molecular weight is 358 g/mol. The van der Waals surface area contributed by atoms with E-state index in [1.54, 1.807) is 12.3 Å². The van der Waals surface area contributed by atoms with Gasteiger partial charge in [-0.05, 0) is 35.8 Å². The van der Waals surface area contributed by atoms with Gasteiger partial charge in [-0.15, -0.1) is 0 Å². The number of nitrogens with zero attached hydrogens (tertiary/aromatic N) is 1. The molecule has 1 amide bonds. The molecule has 6 heteroatoms. The third-order valence-electron chi connectivity index (χ3n) is 4.54. The van der Waals surface area contributed by atoms with Crippen molar-refractivity contribution in [3.63, 3.8) is 0 Å². The van der Waals surface area contributed by atoms with Crippen LogP contribution in [0, 0.1) is 0 Å². The summed E-state index contributed by atoms with van der Waals surface area (Å²) in [6, 6.07) is 15.0. The number of carbonyl (C=O) groups is 1. The van der Waals surface area contributed by atoms with Crippen molar-refractivity contribution in [2.24, 2.45) is 0 Å². The molecule has 0 bridgehead atoms. The fourth-order valence-electron chi connectivity index (χ4n) is 2.00. The Bertz CT molecular complexity index is 685. The van der Waals surface area contributed by atoms with E-state index in [9.17, 15) is 4.79 Å². The monoisotopic (exact) mass is 357 g/mol. The van der Waals surface area contributed by atoms with Crippen LogP contribution in [0.3, 0.4) is 0 Å². The van der Waals surface area contributed by atoms with Gasteiger partial charge in [-0.1, -0.05) is 57.2 Å². The maximum absolute atomic E-state index is 12.8. The Balaban J connectivity index is 2.18. The fourth-order valence-corrected chi connectivity index (χ4v) is 3.19. The van der Waals surface area contributed by atoms with Crippen LogP contribution in [-0.4, -0.2) is 19.2 Å². The molecule has 0 spiro atoms. The third kappa shape index (κ3) is 5.14. The predicted molar refractivity (Wildman–Crippen MR) is 103 cm³/mol. The number of hydrazine groups is 1. The normalized spacial score (nSPS) is 13.2. The van der Waals surface area contributed by atoms with E-state index in [2.05, 4.69) is 49.7 Å². The zero-order valence-corrected chi connectivity index (χ0v) is 16.5. The zero-order chi connectivity index (χ0) is 18.5. The first-order valence-electron chi connectivity index (χ1n) is 8.40. The minimum Gasteiger partial charge on any atom is -0.401 e. The summed E-state index contributed by atoms with van der Waals surface area (Å²) in [5.41, 5.74) is 6.40. The number of hydrogen-bond donors (Lipinski definition) is 2. The highest BCUT2D eigenvalue weighted by molar-refractivity contribution is 6.74. The van der Waals surface area contributed by atoms with Gasteiger partial charge in [-0.3, -0.25) is 15.6 Å². The van der Waals surface area contributed by atoms with Crippen molar-refractivity contribution in [1.82, 2.24) is 10.4 Å². The molecule has 0 radical (unpaired) electrons. The Morgan fingerprint density at radius 1 is 1.08 bits per heavy atom. The highest BCUT2D eigenvalue weighted by Gasteiger charge is 2.41. The van der Waals surface area contributed by atoms with E-state index in [0.29, 0.717) is 5.82 Å². The summed E-state index contributed by atoms with van der Waals surface area (Å²) >= 11 is 0. The number of anilines is 1. The van der Waals surface area contributed by atoms with Crippen LogP contribution in [0.15, 0.2) is 54.7 Å². The Morgan fingerprint density at radius 3 is 2.28 bits per heavy atom. The van der Waals surface area contributed by atoms with E-state index in [1.807, 2.05) is 42.5 Å². The molecule has 0 aliphatic heterocycles. The molecule has 2 aromatic rings. The van der Waals surface area contributed by atoms with Gasteiger partial charge in [0.2, 0.25) is 0 Å². The van der Waals surface area contributed by atoms with Crippen molar-refractivity contribution >= 4 is 20.0 Å². The number of nitrogens with one attached hydrogen (secondary N) is 2. The first-order chi connectivity index (χ1) is 11.7. The fraction of sp³-hybridized carbons (Fsp3) is 0.368. The molecule has 0 aliphatic rings. The van der Waals surface area contributed by atoms with E-state index in [1.165, 1.54) is 0 Å². The number of pyridine rings is 1. The SMILES string of the molecule is CC(C)(C)[Si](C)(C)OC(C(=O)NNc1ccccn1)c1ccccc1. The van der Waals surface area contributed by atoms with Gasteiger partial charge in [0.25, 0.3) is 5.91 Å². The Kier molecular flexibility index (Phi) is 5.97. The van der Waals surface area contributed by atoms with Crippen LogP contribution in [-0.2, 0) is 9.22 Å². The van der Waals surface area contributed by atoms with Crippen LogP contribution in [0.25, 0.3) is 0 Å². The largest absolute Gasteiger partial charge is 0.401 e. The van der Waals surface area contributed by atoms with Gasteiger partial charge in [-0.25, -0.2) is 4.98 Å². The van der Waals surface area contributed by atoms with Crippen molar-refractivity contribution in [3.8, 4) is 0 Å². The summed E-state index contributed by atoms with van der Waals surface area (Å²) in [6.07, 6.45) is 0.994. The minimum atomic E-state index is -2.13. The van der Waals surface area contributed by atoms with Crippen LogP contribution in [0.1, 0.15) is 32.4 Å². The summed E-state index contributed by atoms with van der Waals surface area (Å²) < 4.78 is 6.41. The topological polar surface area (TPSA) is 63.2 Å². The van der Waals surface area contributed by atoms with Crippen molar-refractivity contribution in [1.29, 1.82) is 0 Å². The van der Waals surface area contributed by atoms with Crippen LogP contribution in [0.5, 0.6) is 0 Å². The van der Waals surface area contributed by atoms with Gasteiger partial charge in [0, 0.05) is 6.20 Å². The lowest BCUT2D eigenvalue weighted by Gasteiger charge is -2.38. The molecule has 0 fully saturated rings. The molecule has 134 valence electrons. The number of hydrogen-bond acceptors (Lipinski definition) is 4. The second kappa shape index (κ2) is 7.80. The van der Waals surface area contributed by atoms with Crippen molar-refractivity contribution in [2.75, 3.05) is 5.43 Å². The Morgan fingerprint density at radius 2 is 1.72 bits per heavy atom. The van der Waals surface area contributed by atoms with Crippen LogP contribution in [0.2, 0.25) is 18.1 Å². The molecule has 2 N–H and O–H groups in total. The first-order valence-corrected chi connectivity index (χ1v) is 11.3. The first kappa shape index (κ1) is 19.1. The summed E-state index contributed by atoms with van der Waals surface area (Å²) in [7, 11) is -2.13. The standard InChI is InChI=1S/C19H27N3O2Si/c1-19(2,3)25(4,5)24-17(15-11-7-6-8-12-15)18(23)22-21-16-13-9-10-14-20-16/h6-14,17H,1-5H3,(H,20,21)(H,22,23). The summed E-state index contributed by atoms with van der Waals surface area (Å²) in [4.78, 5) is 17.0. The second-order valence-corrected chi connectivity index (χ2v) is 12.3. The molecule has 1 atom stereocenters. The molecule has 0 saturated carbocycles. The summed E-state index contributed by atoms with van der Waals surface area (Å²) in [5, 5.41) is 0.00866. The molecule has 2 rings (SSSR count). The molecule has 1 aromatic heterocycles. The van der Waals surface area contributed by atoms with Gasteiger partial charge < -0.3 is 4.43 Å². The number of carbonyl (C=O) groups excluding carboxylic acids is 1. The summed E-state index contributed by atoms with van der Waals surface area (Å²) in [5.74, 6) is 0.344. The Hall–Kier alpha value is -2.18. The van der Waals surface area contributed by atoms with E-state index < -0.39 is 14.4 Å². The van der Waals surface area contributed by atoms with Gasteiger partial charge in [0.15, 0.2) is 14.4 Å². The number of amides is 1. The van der Waals surface area contributed by atoms with Gasteiger partial charge >= 0.3 is 0 Å². The van der Waals surface area contributed by atoms with E-state index in [0.717, 1.165) is 5.56 Å². The highest BCUT2D eigenvalue weighted by atomic mass is 28.4. The lowest BCUT2D eigenvalue weighted by Crippen LogP contribution is -2.46. The maximum Gasteiger partial charge on any atom is 0.270 e. The molecular formula is C19H27N3O2Si. The Labute approximate surface area is 150 Å². The van der Waals surface area contributed by atoms with Gasteiger partial charge in [0.1, 0.15) is 5.82 Å². The van der Waals surface area contributed by atoms with E-state index >= 15 is 0 Å². The molecule has 0 saturated heterocycles. The van der Waals surface area contributed by atoms with Gasteiger partial charge in [-0.2, -0.15) is 0 Å². The predicted octanol–water partition coefficient (Wildman–Crippen LogP) is 4.29. The smallest absolute Gasteiger partial charge is 0.270 e. The molecule has 0 aliphatic carbocycles. The molecule has 1 aromatic carbocycles. The van der Waals surface area contributed by atoms with E-state index in [-0.39, 0.29) is 10.9 Å². The lowest BCUT2D eigenvalue weighted by molar-refractivity contribution is -0.128. The molecule has 25 heavy (non-hydrogen) atoms. The molecular weight excluding hydrogens is 330 g/mol. The van der Waals surface area contributed by atoms with Gasteiger partial charge in [0.05, 0.1) is 0 Å². The average Bonchev–Trinajstić information content (AvgIpc) is 2.58. The number of benzene rings is 1. The van der Waals surface area contributed by atoms with Crippen molar-refractivity contribution < 1.29 is 9.22 Å². The molecule has 1 unspecified atom stereocenters. The van der Waals surface area contributed by atoms with Crippen LogP contribution < -0.4 is 10.9 Å². The third-order valence-corrected chi connectivity index (χ3v) is 8.98. The van der Waals surface area contributed by atoms with Crippen LogP contribution in [0.4, 0.5) is 5.82 Å². The summed E-state index contributed by atoms with van der Waals surface area (Å²) in [6.45, 7) is 10.8. The van der Waals surface area contributed by atoms with Crippen molar-refractivity contribution in [2.45, 2.75) is 45.0 Å². The minimum absolute atomic E-state index is 0.00866. The van der Waals surface area contributed by atoms with Crippen molar-refractivity contribution in [3.05, 3.63) is 60.3 Å². The second-order valence-electron chi connectivity index (χ2n) is 7.50. The lowest BCUT2D eigenvalue weighted by atomic mass is 10.1. The maximum atomic E-state index is 12.8. The number of rotatable bonds is 6. The molecule has 1 heterocycles. The molecule has 5 nitrogen and oxygen atoms in total. The number of aromatic nitrogens is 1.